The second-order valence-electron chi connectivity index (χ2n) is 5.10. The van der Waals surface area contributed by atoms with E-state index in [-0.39, 0.29) is 0 Å². The Morgan fingerprint density at radius 1 is 1.33 bits per heavy atom. The van der Waals surface area contributed by atoms with E-state index >= 15 is 0 Å². The second kappa shape index (κ2) is 6.21. The van der Waals surface area contributed by atoms with Crippen molar-refractivity contribution in [3.05, 3.63) is 29.3 Å². The largest absolute Gasteiger partial charge is 0.496 e. The van der Waals surface area contributed by atoms with E-state index in [2.05, 4.69) is 42.8 Å². The molecule has 0 amide bonds. The summed E-state index contributed by atoms with van der Waals surface area (Å²) in [5, 5.41) is 6.91. The van der Waals surface area contributed by atoms with Crippen LogP contribution in [0.15, 0.2) is 18.2 Å². The molecule has 100 valence electrons. The van der Waals surface area contributed by atoms with Gasteiger partial charge in [0.2, 0.25) is 0 Å². The van der Waals surface area contributed by atoms with Crippen LogP contribution in [0.25, 0.3) is 0 Å². The van der Waals surface area contributed by atoms with E-state index in [0.29, 0.717) is 12.0 Å². The average Bonchev–Trinajstić information content (AvgIpc) is 2.41. The molecule has 1 aliphatic rings. The van der Waals surface area contributed by atoms with Gasteiger partial charge < -0.3 is 15.4 Å². The summed E-state index contributed by atoms with van der Waals surface area (Å²) in [7, 11) is 3.80. The van der Waals surface area contributed by atoms with E-state index in [1.165, 1.54) is 24.0 Å². The van der Waals surface area contributed by atoms with E-state index < -0.39 is 0 Å². The molecule has 1 aromatic carbocycles. The number of aryl methyl sites for hydroxylation is 1. The Balaban J connectivity index is 2.27. The molecule has 1 saturated heterocycles. The van der Waals surface area contributed by atoms with E-state index in [4.69, 9.17) is 4.74 Å². The van der Waals surface area contributed by atoms with Crippen LogP contribution >= 0.6 is 0 Å². The molecule has 0 saturated carbocycles. The fourth-order valence-corrected chi connectivity index (χ4v) is 2.92. The zero-order valence-electron chi connectivity index (χ0n) is 11.6. The van der Waals surface area contributed by atoms with Gasteiger partial charge in [-0.3, -0.25) is 0 Å². The molecule has 0 radical (unpaired) electrons. The van der Waals surface area contributed by atoms with Gasteiger partial charge >= 0.3 is 0 Å². The van der Waals surface area contributed by atoms with Crippen LogP contribution in [0.2, 0.25) is 0 Å². The van der Waals surface area contributed by atoms with Gasteiger partial charge in [-0.25, -0.2) is 0 Å². The zero-order valence-corrected chi connectivity index (χ0v) is 11.6. The number of benzene rings is 1. The lowest BCUT2D eigenvalue weighted by molar-refractivity contribution is 0.286. The lowest BCUT2D eigenvalue weighted by Crippen LogP contribution is -2.35. The number of methoxy groups -OCH3 is 1. The van der Waals surface area contributed by atoms with Gasteiger partial charge in [-0.15, -0.1) is 0 Å². The molecule has 1 fully saturated rings. The summed E-state index contributed by atoms with van der Waals surface area (Å²) in [6, 6.07) is 6.83. The smallest absolute Gasteiger partial charge is 0.123 e. The van der Waals surface area contributed by atoms with Crippen LogP contribution < -0.4 is 15.4 Å². The maximum Gasteiger partial charge on any atom is 0.123 e. The number of hydrogen-bond donors (Lipinski definition) is 2. The first-order chi connectivity index (χ1) is 8.76. The molecule has 2 N–H and O–H groups in total. The summed E-state index contributed by atoms with van der Waals surface area (Å²) in [6.45, 7) is 4.38. The first-order valence-electron chi connectivity index (χ1n) is 6.78. The molecule has 1 unspecified atom stereocenters. The third-order valence-electron chi connectivity index (χ3n) is 3.89. The van der Waals surface area contributed by atoms with E-state index in [0.717, 1.165) is 18.8 Å². The number of ether oxygens (including phenoxy) is 1. The fourth-order valence-electron chi connectivity index (χ4n) is 2.92. The van der Waals surface area contributed by atoms with E-state index in [1.54, 1.807) is 7.11 Å². The van der Waals surface area contributed by atoms with Crippen molar-refractivity contribution < 1.29 is 4.74 Å². The molecule has 0 bridgehead atoms. The maximum absolute atomic E-state index is 5.52. The lowest BCUT2D eigenvalue weighted by atomic mass is 9.85. The fraction of sp³-hybridized carbons (Fsp3) is 0.600. The number of hydrogen-bond acceptors (Lipinski definition) is 3. The van der Waals surface area contributed by atoms with Crippen molar-refractivity contribution in [2.75, 3.05) is 27.2 Å². The van der Waals surface area contributed by atoms with Gasteiger partial charge in [0.1, 0.15) is 5.75 Å². The highest BCUT2D eigenvalue weighted by Crippen LogP contribution is 2.34. The highest BCUT2D eigenvalue weighted by molar-refractivity contribution is 5.39. The monoisotopic (exact) mass is 248 g/mol. The maximum atomic E-state index is 5.52. The van der Waals surface area contributed by atoms with Gasteiger partial charge in [-0.05, 0) is 51.9 Å². The van der Waals surface area contributed by atoms with Crippen molar-refractivity contribution in [2.45, 2.75) is 25.8 Å². The van der Waals surface area contributed by atoms with Gasteiger partial charge in [0.05, 0.1) is 7.11 Å². The molecule has 2 rings (SSSR count). The van der Waals surface area contributed by atoms with Crippen LogP contribution in [0.1, 0.15) is 30.0 Å². The van der Waals surface area contributed by atoms with Crippen LogP contribution in [-0.2, 0) is 0 Å². The van der Waals surface area contributed by atoms with Crippen molar-refractivity contribution in [1.82, 2.24) is 10.6 Å². The summed E-state index contributed by atoms with van der Waals surface area (Å²) < 4.78 is 5.52. The van der Waals surface area contributed by atoms with Crippen LogP contribution in [0.3, 0.4) is 0 Å². The van der Waals surface area contributed by atoms with Crippen LogP contribution in [0.5, 0.6) is 5.75 Å². The molecular formula is C15H24N2O. The predicted molar refractivity (Wildman–Crippen MR) is 75.1 cm³/mol. The number of rotatable bonds is 4. The van der Waals surface area contributed by atoms with E-state index in [9.17, 15) is 0 Å². The summed E-state index contributed by atoms with van der Waals surface area (Å²) >= 11 is 0. The van der Waals surface area contributed by atoms with Crippen molar-refractivity contribution in [2.24, 2.45) is 5.92 Å². The summed E-state index contributed by atoms with van der Waals surface area (Å²) in [6.07, 6.45) is 2.45. The number of nitrogens with one attached hydrogen (secondary N) is 2. The third kappa shape index (κ3) is 2.85. The Hall–Kier alpha value is -1.06. The highest BCUT2D eigenvalue weighted by Gasteiger charge is 2.25. The molecule has 18 heavy (non-hydrogen) atoms. The molecular weight excluding hydrogens is 224 g/mol. The molecule has 0 aliphatic carbocycles. The van der Waals surface area contributed by atoms with E-state index in [1.807, 2.05) is 0 Å². The molecule has 0 spiro atoms. The van der Waals surface area contributed by atoms with Crippen LogP contribution in [0.4, 0.5) is 0 Å². The lowest BCUT2D eigenvalue weighted by Gasteiger charge is -2.31. The summed E-state index contributed by atoms with van der Waals surface area (Å²) in [4.78, 5) is 0. The minimum Gasteiger partial charge on any atom is -0.496 e. The summed E-state index contributed by atoms with van der Waals surface area (Å²) in [5.74, 6) is 1.69. The zero-order chi connectivity index (χ0) is 13.0. The molecule has 3 nitrogen and oxygen atoms in total. The van der Waals surface area contributed by atoms with Crippen molar-refractivity contribution in [1.29, 1.82) is 0 Å². The molecule has 0 aromatic heterocycles. The Morgan fingerprint density at radius 3 is 2.67 bits per heavy atom. The molecule has 1 heterocycles. The van der Waals surface area contributed by atoms with Gasteiger partial charge in [0.15, 0.2) is 0 Å². The topological polar surface area (TPSA) is 33.3 Å². The average molecular weight is 248 g/mol. The first kappa shape index (κ1) is 13.4. The van der Waals surface area contributed by atoms with Crippen LogP contribution in [-0.4, -0.2) is 27.2 Å². The predicted octanol–water partition coefficient (Wildman–Crippen LogP) is 2.26. The van der Waals surface area contributed by atoms with Gasteiger partial charge in [0.25, 0.3) is 0 Å². The second-order valence-corrected chi connectivity index (χ2v) is 5.10. The van der Waals surface area contributed by atoms with Crippen LogP contribution in [0, 0.1) is 12.8 Å². The molecule has 3 heteroatoms. The van der Waals surface area contributed by atoms with Crippen molar-refractivity contribution >= 4 is 0 Å². The Kier molecular flexibility index (Phi) is 4.61. The Bertz CT molecular complexity index is 386. The SMILES string of the molecule is CNC(c1cc(C)ccc1OC)C1CCNCC1. The van der Waals surface area contributed by atoms with Crippen molar-refractivity contribution in [3.63, 3.8) is 0 Å². The van der Waals surface area contributed by atoms with Crippen molar-refractivity contribution in [3.8, 4) is 5.75 Å². The molecule has 1 aromatic rings. The van der Waals surface area contributed by atoms with Gasteiger partial charge in [0, 0.05) is 11.6 Å². The minimum absolute atomic E-state index is 0.391. The normalized spacial score (nSPS) is 18.6. The van der Waals surface area contributed by atoms with Gasteiger partial charge in [-0.1, -0.05) is 17.7 Å². The molecule has 1 atom stereocenters. The minimum atomic E-state index is 0.391. The number of piperidine rings is 1. The quantitative estimate of drug-likeness (QED) is 0.857. The Labute approximate surface area is 110 Å². The third-order valence-corrected chi connectivity index (χ3v) is 3.89. The Morgan fingerprint density at radius 2 is 2.06 bits per heavy atom. The first-order valence-corrected chi connectivity index (χ1v) is 6.78. The standard InChI is InChI=1S/C15H24N2O/c1-11-4-5-14(18-3)13(10-11)15(16-2)12-6-8-17-9-7-12/h4-5,10,12,15-17H,6-9H2,1-3H3. The molecule has 1 aliphatic heterocycles. The van der Waals surface area contributed by atoms with Gasteiger partial charge in [-0.2, -0.15) is 0 Å². The highest BCUT2D eigenvalue weighted by atomic mass is 16.5. The summed E-state index contributed by atoms with van der Waals surface area (Å²) in [5.41, 5.74) is 2.59.